The Bertz CT molecular complexity index is 489. The fourth-order valence-electron chi connectivity index (χ4n) is 2.58. The van der Waals surface area contributed by atoms with Crippen molar-refractivity contribution >= 4 is 0 Å². The molecule has 0 atom stereocenters. The molecule has 2 aromatic rings. The summed E-state index contributed by atoms with van der Waals surface area (Å²) < 4.78 is 6.06. The van der Waals surface area contributed by atoms with Crippen LogP contribution >= 0.6 is 0 Å². The molecule has 0 aromatic heterocycles. The summed E-state index contributed by atoms with van der Waals surface area (Å²) in [6.45, 7) is 0. The molecule has 1 heterocycles. The van der Waals surface area contributed by atoms with Crippen molar-refractivity contribution in [1.82, 2.24) is 0 Å². The van der Waals surface area contributed by atoms with E-state index in [1.165, 1.54) is 11.1 Å². The SMILES string of the molecule is C1=COC(c2ccccc2)(c2ccccc2)CC1. The number of rotatable bonds is 2. The van der Waals surface area contributed by atoms with Gasteiger partial charge in [-0.2, -0.15) is 0 Å². The van der Waals surface area contributed by atoms with Crippen LogP contribution in [0.3, 0.4) is 0 Å². The summed E-state index contributed by atoms with van der Waals surface area (Å²) in [6.07, 6.45) is 5.95. The van der Waals surface area contributed by atoms with E-state index in [1.54, 1.807) is 0 Å². The molecule has 0 saturated heterocycles. The van der Waals surface area contributed by atoms with Gasteiger partial charge < -0.3 is 4.74 Å². The summed E-state index contributed by atoms with van der Waals surface area (Å²) in [6, 6.07) is 20.9. The number of allylic oxidation sites excluding steroid dienone is 1. The zero-order chi connectivity index (χ0) is 12.3. The third-order valence-electron chi connectivity index (χ3n) is 3.51. The topological polar surface area (TPSA) is 9.23 Å². The lowest BCUT2D eigenvalue weighted by Gasteiger charge is -2.36. The van der Waals surface area contributed by atoms with Crippen molar-refractivity contribution in [3.05, 3.63) is 84.1 Å². The van der Waals surface area contributed by atoms with E-state index in [-0.39, 0.29) is 5.60 Å². The van der Waals surface area contributed by atoms with Gasteiger partial charge in [-0.1, -0.05) is 60.7 Å². The average molecular weight is 236 g/mol. The summed E-state index contributed by atoms with van der Waals surface area (Å²) in [7, 11) is 0. The molecule has 0 radical (unpaired) electrons. The maximum absolute atomic E-state index is 6.06. The second-order valence-corrected chi connectivity index (χ2v) is 4.59. The Kier molecular flexibility index (Phi) is 2.89. The highest BCUT2D eigenvalue weighted by atomic mass is 16.5. The van der Waals surface area contributed by atoms with Crippen molar-refractivity contribution in [2.24, 2.45) is 0 Å². The smallest absolute Gasteiger partial charge is 0.158 e. The molecule has 1 aliphatic rings. The molecule has 3 rings (SSSR count). The molecular formula is C17H16O. The van der Waals surface area contributed by atoms with Crippen LogP contribution in [0.25, 0.3) is 0 Å². The molecule has 0 amide bonds. The van der Waals surface area contributed by atoms with Crippen molar-refractivity contribution in [3.63, 3.8) is 0 Å². The summed E-state index contributed by atoms with van der Waals surface area (Å²) in [4.78, 5) is 0. The van der Waals surface area contributed by atoms with E-state index in [0.29, 0.717) is 0 Å². The van der Waals surface area contributed by atoms with E-state index in [0.717, 1.165) is 12.8 Å². The largest absolute Gasteiger partial charge is 0.486 e. The van der Waals surface area contributed by atoms with Crippen LogP contribution in [0, 0.1) is 0 Å². The van der Waals surface area contributed by atoms with Crippen molar-refractivity contribution in [2.75, 3.05) is 0 Å². The first kappa shape index (κ1) is 11.1. The third-order valence-corrected chi connectivity index (χ3v) is 3.51. The van der Waals surface area contributed by atoms with Crippen LogP contribution < -0.4 is 0 Å². The van der Waals surface area contributed by atoms with E-state index >= 15 is 0 Å². The lowest BCUT2D eigenvalue weighted by molar-refractivity contribution is 0.0389. The molecule has 0 aliphatic carbocycles. The second-order valence-electron chi connectivity index (χ2n) is 4.59. The highest BCUT2D eigenvalue weighted by Gasteiger charge is 2.36. The molecule has 1 heteroatoms. The first-order valence-corrected chi connectivity index (χ1v) is 6.36. The molecule has 1 aliphatic heterocycles. The fourth-order valence-corrected chi connectivity index (χ4v) is 2.58. The predicted octanol–water partition coefficient (Wildman–Crippen LogP) is 4.25. The molecule has 0 unspecified atom stereocenters. The summed E-state index contributed by atoms with van der Waals surface area (Å²) in [5, 5.41) is 0. The summed E-state index contributed by atoms with van der Waals surface area (Å²) >= 11 is 0. The summed E-state index contributed by atoms with van der Waals surface area (Å²) in [5.41, 5.74) is 2.12. The standard InChI is InChI=1S/C17H16O/c1-3-9-15(10-4-1)17(13-7-8-14-18-17)16-11-5-2-6-12-16/h1-6,8-12,14H,7,13H2. The van der Waals surface area contributed by atoms with Crippen LogP contribution in [0.5, 0.6) is 0 Å². The molecular weight excluding hydrogens is 220 g/mol. The van der Waals surface area contributed by atoms with Crippen molar-refractivity contribution in [2.45, 2.75) is 18.4 Å². The van der Waals surface area contributed by atoms with Gasteiger partial charge in [-0.3, -0.25) is 0 Å². The van der Waals surface area contributed by atoms with Gasteiger partial charge in [0.05, 0.1) is 6.26 Å². The van der Waals surface area contributed by atoms with Crippen LogP contribution in [0.4, 0.5) is 0 Å². The minimum atomic E-state index is -0.322. The van der Waals surface area contributed by atoms with E-state index in [4.69, 9.17) is 4.74 Å². The van der Waals surface area contributed by atoms with Crippen LogP contribution in [0.1, 0.15) is 24.0 Å². The average Bonchev–Trinajstić information content (AvgIpc) is 2.50. The zero-order valence-electron chi connectivity index (χ0n) is 10.3. The molecule has 1 nitrogen and oxygen atoms in total. The van der Waals surface area contributed by atoms with Gasteiger partial charge in [0.1, 0.15) is 0 Å². The van der Waals surface area contributed by atoms with E-state index < -0.39 is 0 Å². The molecule has 0 bridgehead atoms. The minimum absolute atomic E-state index is 0.322. The van der Waals surface area contributed by atoms with Gasteiger partial charge >= 0.3 is 0 Å². The lowest BCUT2D eigenvalue weighted by Crippen LogP contribution is -2.31. The van der Waals surface area contributed by atoms with Crippen molar-refractivity contribution < 1.29 is 4.74 Å². The quantitative estimate of drug-likeness (QED) is 0.757. The van der Waals surface area contributed by atoms with Gasteiger partial charge in [0, 0.05) is 0 Å². The van der Waals surface area contributed by atoms with Crippen molar-refractivity contribution in [3.8, 4) is 0 Å². The Morgan fingerprint density at radius 3 is 1.78 bits per heavy atom. The Morgan fingerprint density at radius 2 is 1.33 bits per heavy atom. The number of hydrogen-bond donors (Lipinski definition) is 0. The summed E-state index contributed by atoms with van der Waals surface area (Å²) in [5.74, 6) is 0. The van der Waals surface area contributed by atoms with Gasteiger partial charge in [-0.25, -0.2) is 0 Å². The first-order valence-electron chi connectivity index (χ1n) is 6.36. The van der Waals surface area contributed by atoms with Crippen LogP contribution in [-0.4, -0.2) is 0 Å². The molecule has 2 aromatic carbocycles. The fraction of sp³-hybridized carbons (Fsp3) is 0.176. The normalized spacial score (nSPS) is 17.1. The maximum Gasteiger partial charge on any atom is 0.158 e. The van der Waals surface area contributed by atoms with Crippen molar-refractivity contribution in [1.29, 1.82) is 0 Å². The molecule has 0 spiro atoms. The Hall–Kier alpha value is -2.02. The van der Waals surface area contributed by atoms with Gasteiger partial charge in [0.2, 0.25) is 0 Å². The van der Waals surface area contributed by atoms with Gasteiger partial charge in [0.15, 0.2) is 5.60 Å². The van der Waals surface area contributed by atoms with Gasteiger partial charge in [-0.15, -0.1) is 0 Å². The minimum Gasteiger partial charge on any atom is -0.486 e. The highest BCUT2D eigenvalue weighted by Crippen LogP contribution is 2.40. The predicted molar refractivity (Wildman–Crippen MR) is 73.1 cm³/mol. The molecule has 0 N–H and O–H groups in total. The Balaban J connectivity index is 2.13. The molecule has 90 valence electrons. The van der Waals surface area contributed by atoms with E-state index in [2.05, 4.69) is 54.6 Å². The molecule has 0 saturated carbocycles. The van der Waals surface area contributed by atoms with Crippen LogP contribution in [0.15, 0.2) is 73.0 Å². The lowest BCUT2D eigenvalue weighted by atomic mass is 9.81. The number of ether oxygens (including phenoxy) is 1. The van der Waals surface area contributed by atoms with E-state index in [1.807, 2.05) is 18.4 Å². The van der Waals surface area contributed by atoms with Gasteiger partial charge in [-0.05, 0) is 30.0 Å². The zero-order valence-corrected chi connectivity index (χ0v) is 10.3. The monoisotopic (exact) mass is 236 g/mol. The molecule has 18 heavy (non-hydrogen) atoms. The van der Waals surface area contributed by atoms with Crippen LogP contribution in [-0.2, 0) is 10.3 Å². The maximum atomic E-state index is 6.06. The highest BCUT2D eigenvalue weighted by molar-refractivity contribution is 5.37. The second kappa shape index (κ2) is 4.69. The number of hydrogen-bond acceptors (Lipinski definition) is 1. The van der Waals surface area contributed by atoms with Gasteiger partial charge in [0.25, 0.3) is 0 Å². The molecule has 0 fully saturated rings. The van der Waals surface area contributed by atoms with Crippen LogP contribution in [0.2, 0.25) is 0 Å². The van der Waals surface area contributed by atoms with E-state index in [9.17, 15) is 0 Å². The first-order chi connectivity index (χ1) is 8.92. The Morgan fingerprint density at radius 1 is 0.778 bits per heavy atom. The Labute approximate surface area is 108 Å². The number of benzene rings is 2. The third kappa shape index (κ3) is 1.82.